The molecule has 2 aromatic rings. The topological polar surface area (TPSA) is 82.0 Å². The van der Waals surface area contributed by atoms with Gasteiger partial charge in [0, 0.05) is 70.0 Å². The zero-order valence-electron chi connectivity index (χ0n) is 20.2. The predicted octanol–water partition coefficient (Wildman–Crippen LogP) is 5.20. The van der Waals surface area contributed by atoms with Crippen LogP contribution in [0.25, 0.3) is 0 Å². The number of alkyl halides is 3. The zero-order chi connectivity index (χ0) is 26.6. The van der Waals surface area contributed by atoms with Gasteiger partial charge in [-0.2, -0.15) is 13.2 Å². The zero-order valence-corrected chi connectivity index (χ0v) is 21.0. The Morgan fingerprint density at radius 3 is 2.29 bits per heavy atom. The number of benzene rings is 2. The Balaban J connectivity index is 0.00000400. The lowest BCUT2D eigenvalue weighted by atomic mass is 10.0. The van der Waals surface area contributed by atoms with Crippen LogP contribution < -0.4 is 15.1 Å². The summed E-state index contributed by atoms with van der Waals surface area (Å²) in [7, 11) is 0. The first-order valence-corrected chi connectivity index (χ1v) is 12.6. The fourth-order valence-electron chi connectivity index (χ4n) is 4.87. The number of halogens is 4. The van der Waals surface area contributed by atoms with Crippen molar-refractivity contribution in [3.8, 4) is 0 Å². The lowest BCUT2D eigenvalue weighted by Gasteiger charge is -2.36. The smallest absolute Gasteiger partial charge is 0.371 e. The summed E-state index contributed by atoms with van der Waals surface area (Å²) in [4.78, 5) is 28.7. The second-order valence-corrected chi connectivity index (χ2v) is 9.72. The molecule has 0 aromatic heterocycles. The highest BCUT2D eigenvalue weighted by Gasteiger charge is 2.39. The van der Waals surface area contributed by atoms with Gasteiger partial charge in [-0.05, 0) is 37.1 Å². The lowest BCUT2D eigenvalue weighted by Crippen LogP contribution is -2.48. The minimum atomic E-state index is -4.81. The lowest BCUT2D eigenvalue weighted by molar-refractivity contribution is -0.388. The summed E-state index contributed by atoms with van der Waals surface area (Å²) in [5, 5.41) is 14.8. The third kappa shape index (κ3) is 7.28. The van der Waals surface area contributed by atoms with E-state index in [2.05, 4.69) is 15.1 Å². The summed E-state index contributed by atoms with van der Waals surface area (Å²) < 4.78 is 39.9. The van der Waals surface area contributed by atoms with Gasteiger partial charge in [-0.3, -0.25) is 19.8 Å². The molecule has 0 atom stereocenters. The minimum absolute atomic E-state index is 0. The van der Waals surface area contributed by atoms with Crippen molar-refractivity contribution in [1.82, 2.24) is 10.2 Å². The quantitative estimate of drug-likeness (QED) is 0.373. The molecule has 8 nitrogen and oxygen atoms in total. The summed E-state index contributed by atoms with van der Waals surface area (Å²) in [6.45, 7) is 4.90. The molecule has 2 aliphatic heterocycles. The first-order chi connectivity index (χ1) is 17.6. The Bertz CT molecular complexity index is 1120. The molecule has 2 aromatic carbocycles. The molecule has 2 fully saturated rings. The molecule has 12 heteroatoms. The average molecular weight is 556 g/mol. The Morgan fingerprint density at radius 1 is 1.03 bits per heavy atom. The van der Waals surface area contributed by atoms with E-state index in [1.807, 2.05) is 24.3 Å². The van der Waals surface area contributed by atoms with Crippen molar-refractivity contribution in [3.05, 3.63) is 63.2 Å². The van der Waals surface area contributed by atoms with Crippen LogP contribution in [0.2, 0.25) is 5.02 Å². The van der Waals surface area contributed by atoms with Gasteiger partial charge in [0.05, 0.1) is 15.6 Å². The molecule has 4 rings (SSSR count). The van der Waals surface area contributed by atoms with Crippen LogP contribution >= 0.6 is 11.6 Å². The molecule has 0 saturated carbocycles. The van der Waals surface area contributed by atoms with Crippen LogP contribution in [-0.2, 0) is 11.0 Å². The summed E-state index contributed by atoms with van der Waals surface area (Å²) in [6, 6.07) is 10.8. The number of anilines is 2. The number of nitro benzene ring substituents is 1. The molecule has 0 aliphatic carbocycles. The van der Waals surface area contributed by atoms with Crippen molar-refractivity contribution in [2.45, 2.75) is 38.9 Å². The summed E-state index contributed by atoms with van der Waals surface area (Å²) in [6.07, 6.45) is -3.27. The molecule has 1 amide bonds. The maximum absolute atomic E-state index is 13.3. The van der Waals surface area contributed by atoms with Crippen LogP contribution in [-0.4, -0.2) is 67.6 Å². The van der Waals surface area contributed by atoms with Crippen LogP contribution in [0.5, 0.6) is 0 Å². The molecular formula is C26H33ClF3N5O3. The van der Waals surface area contributed by atoms with Gasteiger partial charge in [0.25, 0.3) is 5.69 Å². The minimum Gasteiger partial charge on any atom is -0.371 e. The van der Waals surface area contributed by atoms with Gasteiger partial charge < -0.3 is 15.1 Å². The van der Waals surface area contributed by atoms with Crippen LogP contribution in [0.4, 0.5) is 30.2 Å². The van der Waals surface area contributed by atoms with Crippen LogP contribution in [0, 0.1) is 10.1 Å². The number of nitrogens with one attached hydrogen (secondary N) is 1. The van der Waals surface area contributed by atoms with E-state index in [1.165, 1.54) is 6.07 Å². The maximum Gasteiger partial charge on any atom is 0.423 e. The van der Waals surface area contributed by atoms with E-state index in [4.69, 9.17) is 11.6 Å². The molecular weight excluding hydrogens is 523 g/mol. The van der Waals surface area contributed by atoms with Crippen LogP contribution in [0.15, 0.2) is 42.5 Å². The molecule has 0 bridgehead atoms. The number of amides is 1. The number of hydrogen-bond acceptors (Lipinski definition) is 6. The van der Waals surface area contributed by atoms with Gasteiger partial charge in [0.1, 0.15) is 5.56 Å². The summed E-state index contributed by atoms with van der Waals surface area (Å²) >= 11 is 6.29. The highest BCUT2D eigenvalue weighted by Crippen LogP contribution is 2.38. The average Bonchev–Trinajstić information content (AvgIpc) is 2.88. The van der Waals surface area contributed by atoms with Gasteiger partial charge in [-0.25, -0.2) is 0 Å². The molecule has 208 valence electrons. The van der Waals surface area contributed by atoms with Crippen LogP contribution in [0.1, 0.15) is 32.3 Å². The monoisotopic (exact) mass is 555 g/mol. The number of nitro groups is 1. The van der Waals surface area contributed by atoms with Gasteiger partial charge >= 0.3 is 6.18 Å². The van der Waals surface area contributed by atoms with Crippen LogP contribution in [0.3, 0.4) is 0 Å². The Morgan fingerprint density at radius 2 is 1.68 bits per heavy atom. The number of carbonyl (C=O) groups is 1. The number of piperidine rings is 1. The van der Waals surface area contributed by atoms with Crippen molar-refractivity contribution >= 4 is 34.6 Å². The number of nitrogens with zero attached hydrogens (tertiary/aromatic N) is 4. The van der Waals surface area contributed by atoms with Gasteiger partial charge in [-0.15, -0.1) is 0 Å². The van der Waals surface area contributed by atoms with Crippen molar-refractivity contribution in [2.24, 2.45) is 0 Å². The Hall–Kier alpha value is -3.05. The normalized spacial score (nSPS) is 17.2. The molecule has 0 spiro atoms. The number of carbonyl (C=O) groups excluding carboxylic acids is 1. The molecule has 2 saturated heterocycles. The Labute approximate surface area is 225 Å². The number of hydrogen-bond donors (Lipinski definition) is 1. The van der Waals surface area contributed by atoms with E-state index >= 15 is 0 Å². The molecule has 0 radical (unpaired) electrons. The third-order valence-electron chi connectivity index (χ3n) is 6.93. The van der Waals surface area contributed by atoms with E-state index in [0.717, 1.165) is 49.0 Å². The molecule has 2 heterocycles. The third-order valence-corrected chi connectivity index (χ3v) is 7.25. The first kappa shape index (κ1) is 29.5. The number of rotatable bonds is 7. The fraction of sp³-hybridized carbons (Fsp3) is 0.500. The number of para-hydroxylation sites is 1. The van der Waals surface area contributed by atoms with Gasteiger partial charge in [-0.1, -0.05) is 31.2 Å². The van der Waals surface area contributed by atoms with Crippen molar-refractivity contribution in [3.63, 3.8) is 0 Å². The molecule has 0 unspecified atom stereocenters. The Kier molecular flexibility index (Phi) is 9.83. The van der Waals surface area contributed by atoms with E-state index in [9.17, 15) is 28.1 Å². The maximum atomic E-state index is 13.3. The fourth-order valence-corrected chi connectivity index (χ4v) is 5.12. The molecule has 2 aliphatic rings. The highest BCUT2D eigenvalue weighted by atomic mass is 35.5. The van der Waals surface area contributed by atoms with E-state index in [-0.39, 0.29) is 19.4 Å². The second-order valence-electron chi connectivity index (χ2n) is 9.32. The number of piperazine rings is 1. The largest absolute Gasteiger partial charge is 0.423 e. The predicted molar refractivity (Wildman–Crippen MR) is 143 cm³/mol. The van der Waals surface area contributed by atoms with E-state index in [0.29, 0.717) is 44.6 Å². The summed E-state index contributed by atoms with van der Waals surface area (Å²) in [5.41, 5.74) is -0.892. The molecule has 38 heavy (non-hydrogen) atoms. The van der Waals surface area contributed by atoms with Crippen molar-refractivity contribution < 1.29 is 22.9 Å². The summed E-state index contributed by atoms with van der Waals surface area (Å²) in [5.74, 6) is -0.0401. The second kappa shape index (κ2) is 12.7. The molecule has 1 N–H and O–H groups in total. The van der Waals surface area contributed by atoms with E-state index < -0.39 is 22.4 Å². The van der Waals surface area contributed by atoms with Gasteiger partial charge in [0.15, 0.2) is 0 Å². The standard InChI is InChI=1S/C25H29ClF3N5O3.CH4/c26-21-3-1-2-4-23(21)33-15-13-31(14-16-33)10-9-24(35)30-18-7-11-32(12-8-18)19-5-6-22(34(36)37)20(17-19)25(27,28)29;/h1-6,17-18H,7-16H2,(H,30,35);1H4. The van der Waals surface area contributed by atoms with E-state index in [1.54, 1.807) is 4.90 Å². The van der Waals surface area contributed by atoms with Crippen molar-refractivity contribution in [2.75, 3.05) is 55.6 Å². The SMILES string of the molecule is C.O=C(CCN1CCN(c2ccccc2Cl)CC1)NC1CCN(c2ccc([N+](=O)[O-])c(C(F)(F)F)c2)CC1. The van der Waals surface area contributed by atoms with Crippen molar-refractivity contribution in [1.29, 1.82) is 0 Å². The first-order valence-electron chi connectivity index (χ1n) is 12.2. The van der Waals surface area contributed by atoms with Gasteiger partial charge in [0.2, 0.25) is 5.91 Å². The highest BCUT2D eigenvalue weighted by molar-refractivity contribution is 6.33.